The summed E-state index contributed by atoms with van der Waals surface area (Å²) in [5.74, 6) is 0.406. The molecule has 0 bridgehead atoms. The van der Waals surface area contributed by atoms with E-state index in [-0.39, 0.29) is 40.3 Å². The van der Waals surface area contributed by atoms with Crippen molar-refractivity contribution >= 4 is 27.6 Å². The van der Waals surface area contributed by atoms with Gasteiger partial charge in [-0.3, -0.25) is 14.6 Å². The average Bonchev–Trinajstić information content (AvgIpc) is 3.54. The molecule has 12 nitrogen and oxygen atoms in total. The molecule has 13 heteroatoms. The highest BCUT2D eigenvalue weighted by atomic mass is 32.2. The number of aryl methyl sites for hydroxylation is 2. The highest BCUT2D eigenvalue weighted by molar-refractivity contribution is 7.92. The lowest BCUT2D eigenvalue weighted by Crippen LogP contribution is -2.42. The number of amides is 1. The Bertz CT molecular complexity index is 1990. The number of aromatic nitrogens is 4. The molecular weight excluding hydrogens is 667 g/mol. The number of carbonyl (C=O) groups excluding carboxylic acids is 1. The number of nitrogens with zero attached hydrogens (tertiary/aromatic N) is 5. The zero-order valence-electron chi connectivity index (χ0n) is 30.6. The molecule has 0 saturated carbocycles. The van der Waals surface area contributed by atoms with Crippen molar-refractivity contribution in [3.8, 4) is 11.3 Å². The van der Waals surface area contributed by atoms with Gasteiger partial charge in [0.1, 0.15) is 5.82 Å². The quantitative estimate of drug-likeness (QED) is 0.171. The molecule has 1 fully saturated rings. The van der Waals surface area contributed by atoms with Crippen molar-refractivity contribution in [1.29, 1.82) is 0 Å². The first-order valence-electron chi connectivity index (χ1n) is 17.3. The summed E-state index contributed by atoms with van der Waals surface area (Å²) in [6.07, 6.45) is 6.05. The van der Waals surface area contributed by atoms with Crippen LogP contribution in [0.5, 0.6) is 0 Å². The Balaban J connectivity index is 1.41. The van der Waals surface area contributed by atoms with Crippen molar-refractivity contribution in [3.05, 3.63) is 93.8 Å². The lowest BCUT2D eigenvalue weighted by Gasteiger charge is -2.35. The topological polar surface area (TPSA) is 150 Å². The zero-order valence-corrected chi connectivity index (χ0v) is 31.4. The fourth-order valence-corrected chi connectivity index (χ4v) is 7.74. The van der Waals surface area contributed by atoms with Crippen LogP contribution in [0.15, 0.2) is 70.6 Å². The van der Waals surface area contributed by atoms with E-state index in [4.69, 9.17) is 4.74 Å². The Kier molecular flexibility index (Phi) is 11.6. The third-order valence-corrected chi connectivity index (χ3v) is 10.5. The molecule has 2 aromatic carbocycles. The molecule has 0 spiro atoms. The minimum Gasteiger partial charge on any atom is -0.384 e. The maximum Gasteiger partial charge on any atom is 0.264 e. The van der Waals surface area contributed by atoms with Gasteiger partial charge in [0.15, 0.2) is 0 Å². The van der Waals surface area contributed by atoms with E-state index in [9.17, 15) is 18.0 Å². The molecule has 1 aliphatic rings. The summed E-state index contributed by atoms with van der Waals surface area (Å²) in [6.45, 7) is 14.9. The third-order valence-electron chi connectivity index (χ3n) is 9.18. The molecular formula is C38H49N7O5S. The molecule has 2 N–H and O–H groups in total. The number of rotatable bonds is 13. The van der Waals surface area contributed by atoms with E-state index in [1.165, 1.54) is 24.3 Å². The van der Waals surface area contributed by atoms with Crippen LogP contribution in [0.3, 0.4) is 0 Å². The van der Waals surface area contributed by atoms with Crippen LogP contribution in [0.25, 0.3) is 11.3 Å². The van der Waals surface area contributed by atoms with E-state index in [2.05, 4.69) is 50.3 Å². The number of benzene rings is 2. The van der Waals surface area contributed by atoms with Crippen molar-refractivity contribution in [2.45, 2.75) is 78.3 Å². The normalized spacial score (nSPS) is 15.5. The van der Waals surface area contributed by atoms with Gasteiger partial charge in [-0.25, -0.2) is 28.1 Å². The van der Waals surface area contributed by atoms with Crippen molar-refractivity contribution < 1.29 is 17.9 Å². The predicted molar refractivity (Wildman–Crippen MR) is 199 cm³/mol. The standard InChI is InChI=1S/C38H49N7O5S/c1-8-29(19-38(4,5)6)45(23-33-39-20-30(21-40-33)44-16-15-27(22-44)24-50-7)36(47)28-13-10-14-31(17-28)51(48,49)43-37-41-32(18-34(46)42-37)35-25(2)11-9-12-26(35)3/h9-14,17-18,20-21,27,29H,8,15-16,19,22-24H2,1-7H3,(H2,41,42,43,46)/t27-,29-/m0/s1. The number of ether oxygens (including phenoxy) is 1. The van der Waals surface area contributed by atoms with E-state index in [1.54, 1.807) is 30.5 Å². The van der Waals surface area contributed by atoms with Crippen LogP contribution in [0.2, 0.25) is 0 Å². The molecule has 1 saturated heterocycles. The maximum atomic E-state index is 14.3. The summed E-state index contributed by atoms with van der Waals surface area (Å²) in [5, 5.41) is 0. The number of hydrogen-bond donors (Lipinski definition) is 2. The van der Waals surface area contributed by atoms with Gasteiger partial charge in [-0.1, -0.05) is 52.0 Å². The smallest absolute Gasteiger partial charge is 0.264 e. The second-order valence-electron chi connectivity index (χ2n) is 14.6. The van der Waals surface area contributed by atoms with Crippen molar-refractivity contribution in [2.75, 3.05) is 36.4 Å². The summed E-state index contributed by atoms with van der Waals surface area (Å²) < 4.78 is 35.1. The number of nitrogens with one attached hydrogen (secondary N) is 2. The van der Waals surface area contributed by atoms with Gasteiger partial charge in [0, 0.05) is 49.4 Å². The van der Waals surface area contributed by atoms with Crippen LogP contribution in [0.1, 0.15) is 74.3 Å². The average molecular weight is 716 g/mol. The molecule has 2 aromatic heterocycles. The Labute approximate surface area is 300 Å². The number of hydrogen-bond acceptors (Lipinski definition) is 9. The molecule has 0 aliphatic carbocycles. The summed E-state index contributed by atoms with van der Waals surface area (Å²) in [6, 6.07) is 12.8. The van der Waals surface area contributed by atoms with Crippen molar-refractivity contribution in [2.24, 2.45) is 11.3 Å². The molecule has 1 amide bonds. The molecule has 2 atom stereocenters. The van der Waals surface area contributed by atoms with Gasteiger partial charge in [-0.05, 0) is 67.9 Å². The van der Waals surface area contributed by atoms with Gasteiger partial charge in [0.05, 0.1) is 41.8 Å². The zero-order chi connectivity index (χ0) is 36.9. The minimum atomic E-state index is -4.26. The summed E-state index contributed by atoms with van der Waals surface area (Å²) in [4.78, 5) is 47.0. The van der Waals surface area contributed by atoms with E-state index < -0.39 is 15.6 Å². The fraction of sp³-hybridized carbons (Fsp3) is 0.447. The Morgan fingerprint density at radius 3 is 2.43 bits per heavy atom. The highest BCUT2D eigenvalue weighted by Crippen LogP contribution is 2.29. The largest absolute Gasteiger partial charge is 0.384 e. The molecule has 1 aliphatic heterocycles. The summed E-state index contributed by atoms with van der Waals surface area (Å²) in [7, 11) is -2.54. The SMILES string of the molecule is CC[C@@H](CC(C)(C)C)N(Cc1ncc(N2CC[C@H](COC)C2)cn1)C(=O)c1cccc(S(=O)(=O)Nc2nc(-c3c(C)cccc3C)cc(=O)[nH]2)c1. The maximum absolute atomic E-state index is 14.3. The van der Waals surface area contributed by atoms with Gasteiger partial charge < -0.3 is 14.5 Å². The second kappa shape index (κ2) is 15.7. The fourth-order valence-electron chi connectivity index (χ4n) is 6.73. The molecule has 0 unspecified atom stereocenters. The predicted octanol–water partition coefficient (Wildman–Crippen LogP) is 5.97. The first-order valence-corrected chi connectivity index (χ1v) is 18.8. The van der Waals surface area contributed by atoms with E-state index in [0.717, 1.165) is 48.3 Å². The Morgan fingerprint density at radius 1 is 1.10 bits per heavy atom. The van der Waals surface area contributed by atoms with E-state index in [1.807, 2.05) is 39.0 Å². The molecule has 51 heavy (non-hydrogen) atoms. The van der Waals surface area contributed by atoms with Crippen LogP contribution in [-0.2, 0) is 21.3 Å². The minimum absolute atomic E-state index is 0.0805. The van der Waals surface area contributed by atoms with Crippen LogP contribution >= 0.6 is 0 Å². The van der Waals surface area contributed by atoms with Crippen LogP contribution in [-0.4, -0.2) is 72.0 Å². The monoisotopic (exact) mass is 715 g/mol. The van der Waals surface area contributed by atoms with Crippen LogP contribution in [0.4, 0.5) is 11.6 Å². The first-order chi connectivity index (χ1) is 24.2. The van der Waals surface area contributed by atoms with Gasteiger partial charge >= 0.3 is 0 Å². The molecule has 272 valence electrons. The molecule has 0 radical (unpaired) electrons. The van der Waals surface area contributed by atoms with Gasteiger partial charge in [-0.15, -0.1) is 0 Å². The number of methoxy groups -OCH3 is 1. The van der Waals surface area contributed by atoms with Gasteiger partial charge in [-0.2, -0.15) is 0 Å². The second-order valence-corrected chi connectivity index (χ2v) is 16.2. The van der Waals surface area contributed by atoms with Crippen molar-refractivity contribution in [3.63, 3.8) is 0 Å². The number of H-pyrrole nitrogens is 1. The highest BCUT2D eigenvalue weighted by Gasteiger charge is 2.30. The lowest BCUT2D eigenvalue weighted by atomic mass is 9.86. The van der Waals surface area contributed by atoms with Crippen LogP contribution < -0.4 is 15.2 Å². The van der Waals surface area contributed by atoms with Crippen molar-refractivity contribution in [1.82, 2.24) is 24.8 Å². The number of carbonyl (C=O) groups is 1. The van der Waals surface area contributed by atoms with Crippen LogP contribution in [0, 0.1) is 25.2 Å². The van der Waals surface area contributed by atoms with E-state index >= 15 is 0 Å². The van der Waals surface area contributed by atoms with Gasteiger partial charge in [0.25, 0.3) is 21.5 Å². The molecule has 4 aromatic rings. The van der Waals surface area contributed by atoms with E-state index in [0.29, 0.717) is 30.5 Å². The Hall–Kier alpha value is -4.62. The summed E-state index contributed by atoms with van der Waals surface area (Å²) >= 11 is 0. The Morgan fingerprint density at radius 2 is 1.78 bits per heavy atom. The van der Waals surface area contributed by atoms with Gasteiger partial charge in [0.2, 0.25) is 5.95 Å². The molecule has 5 rings (SSSR count). The number of sulfonamides is 1. The molecule has 3 heterocycles. The third kappa shape index (κ3) is 9.39. The number of anilines is 2. The summed E-state index contributed by atoms with van der Waals surface area (Å²) in [5.41, 5.74) is 3.45. The number of aromatic amines is 1. The first kappa shape index (κ1) is 37.6. The lowest BCUT2D eigenvalue weighted by molar-refractivity contribution is 0.0595.